The number of pyridine rings is 1. The SMILES string of the molecule is Cc1ccc2c3ncc(C)cc3n(N)c2c1. The monoisotopic (exact) mass is 211 g/mol. The lowest BCUT2D eigenvalue weighted by Crippen LogP contribution is -2.07. The molecule has 0 aliphatic heterocycles. The van der Waals surface area contributed by atoms with E-state index in [0.717, 1.165) is 27.5 Å². The average Bonchev–Trinajstić information content (AvgIpc) is 2.53. The molecule has 0 saturated heterocycles. The molecule has 0 radical (unpaired) electrons. The average molecular weight is 211 g/mol. The van der Waals surface area contributed by atoms with E-state index in [2.05, 4.69) is 36.2 Å². The molecule has 0 fully saturated rings. The fourth-order valence-electron chi connectivity index (χ4n) is 2.12. The summed E-state index contributed by atoms with van der Waals surface area (Å²) in [5.74, 6) is 6.09. The van der Waals surface area contributed by atoms with Gasteiger partial charge in [-0.15, -0.1) is 0 Å². The number of rotatable bonds is 0. The molecule has 0 atom stereocenters. The van der Waals surface area contributed by atoms with E-state index in [-0.39, 0.29) is 0 Å². The molecule has 2 N–H and O–H groups in total. The Bertz CT molecular complexity index is 636. The third-order valence-electron chi connectivity index (χ3n) is 2.93. The third-order valence-corrected chi connectivity index (χ3v) is 2.93. The van der Waals surface area contributed by atoms with Crippen LogP contribution in [0.4, 0.5) is 0 Å². The van der Waals surface area contributed by atoms with E-state index < -0.39 is 0 Å². The highest BCUT2D eigenvalue weighted by molar-refractivity contribution is 6.05. The summed E-state index contributed by atoms with van der Waals surface area (Å²) in [7, 11) is 0. The van der Waals surface area contributed by atoms with Crippen molar-refractivity contribution in [1.82, 2.24) is 9.66 Å². The highest BCUT2D eigenvalue weighted by atomic mass is 15.3. The van der Waals surface area contributed by atoms with E-state index >= 15 is 0 Å². The number of nitrogens with two attached hydrogens (primary N) is 1. The van der Waals surface area contributed by atoms with Crippen molar-refractivity contribution in [3.63, 3.8) is 0 Å². The summed E-state index contributed by atoms with van der Waals surface area (Å²) in [5, 5.41) is 1.11. The van der Waals surface area contributed by atoms with Crippen molar-refractivity contribution in [3.8, 4) is 0 Å². The van der Waals surface area contributed by atoms with Gasteiger partial charge in [0.1, 0.15) is 0 Å². The fourth-order valence-corrected chi connectivity index (χ4v) is 2.12. The first kappa shape index (κ1) is 9.21. The molecule has 2 aromatic heterocycles. The van der Waals surface area contributed by atoms with Crippen LogP contribution in [0.1, 0.15) is 11.1 Å². The summed E-state index contributed by atoms with van der Waals surface area (Å²) >= 11 is 0. The largest absolute Gasteiger partial charge is 0.339 e. The highest BCUT2D eigenvalue weighted by Crippen LogP contribution is 2.26. The van der Waals surface area contributed by atoms with Gasteiger partial charge in [-0.3, -0.25) is 9.66 Å². The summed E-state index contributed by atoms with van der Waals surface area (Å²) in [6, 6.07) is 8.33. The zero-order valence-electron chi connectivity index (χ0n) is 9.36. The Hall–Kier alpha value is -2.03. The van der Waals surface area contributed by atoms with Crippen LogP contribution < -0.4 is 5.84 Å². The second kappa shape index (κ2) is 2.98. The highest BCUT2D eigenvalue weighted by Gasteiger charge is 2.09. The van der Waals surface area contributed by atoms with Gasteiger partial charge >= 0.3 is 0 Å². The Balaban J connectivity index is 2.59. The number of nitrogens with zero attached hydrogens (tertiary/aromatic N) is 2. The van der Waals surface area contributed by atoms with Crippen LogP contribution in [0.25, 0.3) is 21.9 Å². The second-order valence-corrected chi connectivity index (χ2v) is 4.27. The molecule has 0 aliphatic carbocycles. The Morgan fingerprint density at radius 1 is 1.06 bits per heavy atom. The summed E-state index contributed by atoms with van der Waals surface area (Å²) in [6.45, 7) is 4.09. The van der Waals surface area contributed by atoms with Crippen molar-refractivity contribution in [2.45, 2.75) is 13.8 Å². The number of aryl methyl sites for hydroxylation is 2. The van der Waals surface area contributed by atoms with Crippen molar-refractivity contribution in [2.75, 3.05) is 5.84 Å². The van der Waals surface area contributed by atoms with Crippen LogP contribution in [-0.4, -0.2) is 9.66 Å². The van der Waals surface area contributed by atoms with Crippen LogP contribution in [0.5, 0.6) is 0 Å². The molecule has 16 heavy (non-hydrogen) atoms. The van der Waals surface area contributed by atoms with E-state index in [1.54, 1.807) is 4.68 Å². The topological polar surface area (TPSA) is 43.8 Å². The maximum absolute atomic E-state index is 6.09. The lowest BCUT2D eigenvalue weighted by molar-refractivity contribution is 1.11. The quantitative estimate of drug-likeness (QED) is 0.581. The molecule has 2 heterocycles. The number of nitrogen functional groups attached to an aromatic ring is 1. The maximum atomic E-state index is 6.09. The number of benzene rings is 1. The first-order valence-electron chi connectivity index (χ1n) is 5.29. The Morgan fingerprint density at radius 3 is 2.62 bits per heavy atom. The standard InChI is InChI=1S/C13H13N3/c1-8-3-4-10-11(5-8)16(14)12-6-9(2)7-15-13(10)12/h3-7H,14H2,1-2H3. The molecule has 0 spiro atoms. The van der Waals surface area contributed by atoms with Gasteiger partial charge in [-0.25, -0.2) is 0 Å². The molecule has 1 aromatic carbocycles. The van der Waals surface area contributed by atoms with Gasteiger partial charge in [-0.2, -0.15) is 0 Å². The first-order chi connectivity index (χ1) is 7.66. The van der Waals surface area contributed by atoms with Gasteiger partial charge in [0.25, 0.3) is 0 Å². The molecule has 0 aliphatic rings. The Kier molecular flexibility index (Phi) is 1.72. The summed E-state index contributed by atoms with van der Waals surface area (Å²) < 4.78 is 1.72. The van der Waals surface area contributed by atoms with Crippen molar-refractivity contribution >= 4 is 21.9 Å². The van der Waals surface area contributed by atoms with Crippen LogP contribution in [0.2, 0.25) is 0 Å². The summed E-state index contributed by atoms with van der Waals surface area (Å²) in [4.78, 5) is 4.46. The van der Waals surface area contributed by atoms with Gasteiger partial charge in [0, 0.05) is 11.6 Å². The molecular weight excluding hydrogens is 198 g/mol. The van der Waals surface area contributed by atoms with Gasteiger partial charge in [-0.1, -0.05) is 12.1 Å². The second-order valence-electron chi connectivity index (χ2n) is 4.27. The fraction of sp³-hybridized carbons (Fsp3) is 0.154. The molecule has 0 amide bonds. The molecule has 3 heteroatoms. The van der Waals surface area contributed by atoms with E-state index in [9.17, 15) is 0 Å². The lowest BCUT2D eigenvalue weighted by Gasteiger charge is -1.98. The molecule has 0 saturated carbocycles. The van der Waals surface area contributed by atoms with Crippen LogP contribution >= 0.6 is 0 Å². The maximum Gasteiger partial charge on any atom is 0.0980 e. The molecule has 3 rings (SSSR count). The predicted molar refractivity (Wildman–Crippen MR) is 66.9 cm³/mol. The minimum Gasteiger partial charge on any atom is -0.339 e. The Labute approximate surface area is 93.5 Å². The molecule has 0 unspecified atom stereocenters. The number of hydrogen-bond donors (Lipinski definition) is 1. The van der Waals surface area contributed by atoms with Crippen molar-refractivity contribution in [3.05, 3.63) is 41.6 Å². The lowest BCUT2D eigenvalue weighted by atomic mass is 10.1. The van der Waals surface area contributed by atoms with Gasteiger partial charge in [-0.05, 0) is 37.1 Å². The van der Waals surface area contributed by atoms with Crippen molar-refractivity contribution in [2.24, 2.45) is 0 Å². The van der Waals surface area contributed by atoms with E-state index in [1.165, 1.54) is 5.56 Å². The minimum atomic E-state index is 0.975. The minimum absolute atomic E-state index is 0.975. The molecular formula is C13H13N3. The molecule has 3 aromatic rings. The van der Waals surface area contributed by atoms with Crippen molar-refractivity contribution < 1.29 is 0 Å². The zero-order chi connectivity index (χ0) is 11.3. The predicted octanol–water partition coefficient (Wildman–Crippen LogP) is 2.52. The van der Waals surface area contributed by atoms with Crippen molar-refractivity contribution in [1.29, 1.82) is 0 Å². The van der Waals surface area contributed by atoms with Gasteiger partial charge in [0.2, 0.25) is 0 Å². The van der Waals surface area contributed by atoms with E-state index in [4.69, 9.17) is 5.84 Å². The number of fused-ring (bicyclic) bond motifs is 3. The van der Waals surface area contributed by atoms with Gasteiger partial charge in [0.05, 0.1) is 16.6 Å². The Morgan fingerprint density at radius 2 is 1.81 bits per heavy atom. The zero-order valence-corrected chi connectivity index (χ0v) is 9.36. The summed E-state index contributed by atoms with van der Waals surface area (Å²) in [5.41, 5.74) is 5.33. The van der Waals surface area contributed by atoms with Gasteiger partial charge in [0.15, 0.2) is 0 Å². The molecule has 0 bridgehead atoms. The normalized spacial score (nSPS) is 11.4. The van der Waals surface area contributed by atoms with E-state index in [0.29, 0.717) is 0 Å². The van der Waals surface area contributed by atoms with Crippen LogP contribution in [0.3, 0.4) is 0 Å². The van der Waals surface area contributed by atoms with Crippen LogP contribution in [-0.2, 0) is 0 Å². The van der Waals surface area contributed by atoms with E-state index in [1.807, 2.05) is 13.1 Å². The molecule has 80 valence electrons. The van der Waals surface area contributed by atoms with Crippen LogP contribution in [0.15, 0.2) is 30.5 Å². The number of hydrogen-bond acceptors (Lipinski definition) is 2. The first-order valence-corrected chi connectivity index (χ1v) is 5.29. The third kappa shape index (κ3) is 1.11. The van der Waals surface area contributed by atoms with Crippen LogP contribution in [0, 0.1) is 13.8 Å². The summed E-state index contributed by atoms with van der Waals surface area (Å²) in [6.07, 6.45) is 1.88. The smallest absolute Gasteiger partial charge is 0.0980 e. The molecule has 3 nitrogen and oxygen atoms in total. The number of aromatic nitrogens is 2. The van der Waals surface area contributed by atoms with Gasteiger partial charge < -0.3 is 5.84 Å².